The minimum absolute atomic E-state index is 0.00336. The number of benzene rings is 1. The number of rotatable bonds is 4. The number of aromatic nitrogens is 5. The number of pyridine rings is 1. The van der Waals surface area contributed by atoms with Gasteiger partial charge in [0.2, 0.25) is 5.91 Å². The fraction of sp³-hybridized carbons (Fsp3) is 0.353. The van der Waals surface area contributed by atoms with E-state index in [-0.39, 0.29) is 18.4 Å². The number of fused-ring (bicyclic) bond motifs is 1. The van der Waals surface area contributed by atoms with E-state index in [1.54, 1.807) is 11.1 Å². The zero-order valence-electron chi connectivity index (χ0n) is 13.6. The molecule has 3 heterocycles. The van der Waals surface area contributed by atoms with Gasteiger partial charge < -0.3 is 10.0 Å². The number of carbonyl (C=O) groups is 1. The monoisotopic (exact) mass is 338 g/mol. The van der Waals surface area contributed by atoms with Crippen LogP contribution in [0.3, 0.4) is 0 Å². The molecular weight excluding hydrogens is 320 g/mol. The van der Waals surface area contributed by atoms with Crippen molar-refractivity contribution in [1.82, 2.24) is 30.1 Å². The summed E-state index contributed by atoms with van der Waals surface area (Å²) in [5, 5.41) is 22.3. The second-order valence-electron chi connectivity index (χ2n) is 6.32. The van der Waals surface area contributed by atoms with Crippen molar-refractivity contribution in [2.45, 2.75) is 19.1 Å². The molecule has 1 aliphatic heterocycles. The lowest BCUT2D eigenvalue weighted by atomic mass is 9.94. The highest BCUT2D eigenvalue weighted by Crippen LogP contribution is 2.25. The van der Waals surface area contributed by atoms with Gasteiger partial charge in [0.25, 0.3) is 0 Å². The molecule has 2 atom stereocenters. The third-order valence-corrected chi connectivity index (χ3v) is 4.67. The first-order valence-electron chi connectivity index (χ1n) is 8.20. The number of tetrazole rings is 1. The van der Waals surface area contributed by atoms with Gasteiger partial charge in [0.1, 0.15) is 12.9 Å². The van der Waals surface area contributed by atoms with E-state index in [2.05, 4.69) is 20.5 Å². The zero-order chi connectivity index (χ0) is 17.2. The van der Waals surface area contributed by atoms with Crippen molar-refractivity contribution in [3.8, 4) is 0 Å². The lowest BCUT2D eigenvalue weighted by Gasteiger charge is -2.16. The van der Waals surface area contributed by atoms with E-state index in [0.29, 0.717) is 19.5 Å². The zero-order valence-corrected chi connectivity index (χ0v) is 13.6. The van der Waals surface area contributed by atoms with E-state index in [9.17, 15) is 9.90 Å². The number of hydrogen-bond acceptors (Lipinski definition) is 6. The summed E-state index contributed by atoms with van der Waals surface area (Å²) in [5.41, 5.74) is 2.09. The lowest BCUT2D eigenvalue weighted by molar-refractivity contribution is -0.131. The number of carbonyl (C=O) groups excluding carboxylic acids is 1. The smallest absolute Gasteiger partial charge is 0.244 e. The molecule has 0 spiro atoms. The van der Waals surface area contributed by atoms with E-state index in [0.717, 1.165) is 16.5 Å². The van der Waals surface area contributed by atoms with Gasteiger partial charge in [0.05, 0.1) is 11.6 Å². The number of β-amino-alcohol motifs (C(OH)–C–C–N with tert-alkyl or cyclic N) is 1. The number of amides is 1. The van der Waals surface area contributed by atoms with Gasteiger partial charge in [0.15, 0.2) is 0 Å². The Hall–Kier alpha value is -2.87. The van der Waals surface area contributed by atoms with Crippen LogP contribution in [0.2, 0.25) is 0 Å². The largest absolute Gasteiger partial charge is 0.391 e. The van der Waals surface area contributed by atoms with E-state index in [4.69, 9.17) is 0 Å². The molecule has 128 valence electrons. The fourth-order valence-electron chi connectivity index (χ4n) is 3.37. The molecule has 0 bridgehead atoms. The summed E-state index contributed by atoms with van der Waals surface area (Å²) >= 11 is 0. The van der Waals surface area contributed by atoms with Crippen molar-refractivity contribution in [3.05, 3.63) is 48.4 Å². The van der Waals surface area contributed by atoms with Gasteiger partial charge in [-0.3, -0.25) is 9.78 Å². The summed E-state index contributed by atoms with van der Waals surface area (Å²) in [5.74, 6) is -0.0861. The van der Waals surface area contributed by atoms with Crippen LogP contribution in [-0.4, -0.2) is 60.3 Å². The van der Waals surface area contributed by atoms with Gasteiger partial charge in [-0.25, -0.2) is 4.68 Å². The molecule has 0 aliphatic carbocycles. The van der Waals surface area contributed by atoms with Crippen LogP contribution in [-0.2, 0) is 17.8 Å². The van der Waals surface area contributed by atoms with Crippen molar-refractivity contribution in [2.24, 2.45) is 5.92 Å². The second kappa shape index (κ2) is 6.56. The first-order valence-corrected chi connectivity index (χ1v) is 8.20. The highest BCUT2D eigenvalue weighted by molar-refractivity contribution is 5.82. The predicted molar refractivity (Wildman–Crippen MR) is 89.3 cm³/mol. The van der Waals surface area contributed by atoms with Crippen LogP contribution in [0.15, 0.2) is 42.9 Å². The summed E-state index contributed by atoms with van der Waals surface area (Å²) in [4.78, 5) is 18.4. The fourth-order valence-corrected chi connectivity index (χ4v) is 3.37. The molecule has 0 saturated carbocycles. The van der Waals surface area contributed by atoms with Crippen LogP contribution >= 0.6 is 0 Å². The molecule has 8 heteroatoms. The third kappa shape index (κ3) is 3.20. The lowest BCUT2D eigenvalue weighted by Crippen LogP contribution is -2.32. The summed E-state index contributed by atoms with van der Waals surface area (Å²) in [6.45, 7) is 0.956. The molecule has 1 aromatic carbocycles. The molecule has 1 fully saturated rings. The Morgan fingerprint density at radius 2 is 2.12 bits per heavy atom. The second-order valence-corrected chi connectivity index (χ2v) is 6.32. The standard InChI is InChI=1S/C17H18N6O2/c24-16-9-22(17(25)10-23-11-19-20-21-23)8-13(16)7-12-5-6-18-15-4-2-1-3-14(12)15/h1-6,11,13,16,24H,7-10H2/t13-,16-/m1/s1. The number of hydrogen-bond donors (Lipinski definition) is 1. The summed E-state index contributed by atoms with van der Waals surface area (Å²) in [7, 11) is 0. The van der Waals surface area contributed by atoms with Crippen LogP contribution in [0.4, 0.5) is 0 Å². The van der Waals surface area contributed by atoms with Crippen LogP contribution in [0.1, 0.15) is 5.56 Å². The van der Waals surface area contributed by atoms with Crippen molar-refractivity contribution in [1.29, 1.82) is 0 Å². The highest BCUT2D eigenvalue weighted by Gasteiger charge is 2.34. The Balaban J connectivity index is 1.47. The average molecular weight is 338 g/mol. The van der Waals surface area contributed by atoms with Gasteiger partial charge in [-0.05, 0) is 34.5 Å². The molecule has 25 heavy (non-hydrogen) atoms. The van der Waals surface area contributed by atoms with Crippen LogP contribution in [0, 0.1) is 5.92 Å². The number of aliphatic hydroxyl groups excluding tert-OH is 1. The molecule has 3 aromatic rings. The quantitative estimate of drug-likeness (QED) is 0.734. The number of likely N-dealkylation sites (tertiary alicyclic amines) is 1. The van der Waals surface area contributed by atoms with E-state index >= 15 is 0 Å². The third-order valence-electron chi connectivity index (χ3n) is 4.67. The van der Waals surface area contributed by atoms with Gasteiger partial charge in [0, 0.05) is 30.6 Å². The maximum atomic E-state index is 12.4. The first kappa shape index (κ1) is 15.6. The van der Waals surface area contributed by atoms with Gasteiger partial charge >= 0.3 is 0 Å². The van der Waals surface area contributed by atoms with Crippen LogP contribution in [0.25, 0.3) is 10.9 Å². The molecule has 1 saturated heterocycles. The van der Waals surface area contributed by atoms with Crippen LogP contribution in [0.5, 0.6) is 0 Å². The maximum Gasteiger partial charge on any atom is 0.244 e. The number of aliphatic hydroxyl groups is 1. The molecule has 8 nitrogen and oxygen atoms in total. The highest BCUT2D eigenvalue weighted by atomic mass is 16.3. The minimum Gasteiger partial charge on any atom is -0.391 e. The van der Waals surface area contributed by atoms with Crippen molar-refractivity contribution < 1.29 is 9.90 Å². The minimum atomic E-state index is -0.537. The average Bonchev–Trinajstić information content (AvgIpc) is 3.25. The Bertz CT molecular complexity index is 876. The molecule has 1 amide bonds. The van der Waals surface area contributed by atoms with Gasteiger partial charge in [-0.1, -0.05) is 18.2 Å². The van der Waals surface area contributed by atoms with Gasteiger partial charge in [-0.2, -0.15) is 0 Å². The number of para-hydroxylation sites is 1. The Morgan fingerprint density at radius 3 is 2.96 bits per heavy atom. The Kier molecular flexibility index (Phi) is 4.10. The topological polar surface area (TPSA) is 97.0 Å². The molecule has 0 unspecified atom stereocenters. The number of nitrogens with zero attached hydrogens (tertiary/aromatic N) is 6. The molecule has 1 aliphatic rings. The van der Waals surface area contributed by atoms with Crippen molar-refractivity contribution in [2.75, 3.05) is 13.1 Å². The van der Waals surface area contributed by atoms with Gasteiger partial charge in [-0.15, -0.1) is 5.10 Å². The van der Waals surface area contributed by atoms with Crippen molar-refractivity contribution >= 4 is 16.8 Å². The predicted octanol–water partition coefficient (Wildman–Crippen LogP) is 0.283. The molecule has 2 aromatic heterocycles. The summed E-state index contributed by atoms with van der Waals surface area (Å²) in [6.07, 6.45) is 3.37. The molecule has 0 radical (unpaired) electrons. The first-order chi connectivity index (χ1) is 12.2. The molecule has 4 rings (SSSR count). The maximum absolute atomic E-state index is 12.4. The van der Waals surface area contributed by atoms with Crippen molar-refractivity contribution in [3.63, 3.8) is 0 Å². The van der Waals surface area contributed by atoms with Crippen LogP contribution < -0.4 is 0 Å². The van der Waals surface area contributed by atoms with E-state index in [1.165, 1.54) is 11.0 Å². The Morgan fingerprint density at radius 1 is 1.24 bits per heavy atom. The SMILES string of the molecule is O=C(Cn1cnnn1)N1C[C@@H](Cc2ccnc3ccccc23)[C@H](O)C1. The van der Waals surface area contributed by atoms with E-state index < -0.39 is 6.10 Å². The molecular formula is C17H18N6O2. The normalized spacial score (nSPS) is 20.3. The Labute approximate surface area is 144 Å². The van der Waals surface area contributed by atoms with E-state index in [1.807, 2.05) is 30.3 Å². The summed E-state index contributed by atoms with van der Waals surface area (Å²) in [6, 6.07) is 9.95. The summed E-state index contributed by atoms with van der Waals surface area (Å²) < 4.78 is 1.39. The molecule has 1 N–H and O–H groups in total.